The number of hydrogen-bond acceptors (Lipinski definition) is 5. The van der Waals surface area contributed by atoms with E-state index in [0.29, 0.717) is 42.9 Å². The van der Waals surface area contributed by atoms with E-state index in [0.717, 1.165) is 36.0 Å². The van der Waals surface area contributed by atoms with Gasteiger partial charge in [-0.15, -0.1) is 0 Å². The minimum absolute atomic E-state index is 0.0964. The molecule has 8 heteroatoms. The molecule has 1 unspecified atom stereocenters. The molecule has 4 rings (SSSR count). The first-order valence-electron chi connectivity index (χ1n) is 11.5. The highest BCUT2D eigenvalue weighted by Gasteiger charge is 2.26. The van der Waals surface area contributed by atoms with Crippen LogP contribution in [0.1, 0.15) is 37.4 Å². The van der Waals surface area contributed by atoms with E-state index in [1.165, 1.54) is 0 Å². The zero-order chi connectivity index (χ0) is 23.4. The van der Waals surface area contributed by atoms with E-state index in [1.54, 1.807) is 28.0 Å². The number of fused-ring (bicyclic) bond motifs is 1. The molecule has 0 saturated carbocycles. The third-order valence-corrected chi connectivity index (χ3v) is 6.77. The Morgan fingerprint density at radius 1 is 1.21 bits per heavy atom. The molecule has 1 aromatic carbocycles. The molecule has 7 nitrogen and oxygen atoms in total. The standard InChI is InChI=1S/C25H30ClN5O2/c1-3-29(2)24(32)11-14-30-13-4-5-20(30)17-31-25(33)21-10-12-27-16-22(21)23(28-31)15-18-6-8-19(26)9-7-18/h6-10,12,16,20H,3-5,11,13-15,17H2,1-2H3. The average Bonchev–Trinajstić information content (AvgIpc) is 3.28. The molecule has 3 heterocycles. The van der Waals surface area contributed by atoms with Gasteiger partial charge in [0.05, 0.1) is 17.6 Å². The topological polar surface area (TPSA) is 71.3 Å². The molecule has 1 fully saturated rings. The predicted octanol–water partition coefficient (Wildman–Crippen LogP) is 3.37. The summed E-state index contributed by atoms with van der Waals surface area (Å²) in [6, 6.07) is 9.64. The van der Waals surface area contributed by atoms with E-state index in [1.807, 2.05) is 38.2 Å². The summed E-state index contributed by atoms with van der Waals surface area (Å²) in [5, 5.41) is 6.89. The number of rotatable bonds is 8. The molecular formula is C25H30ClN5O2. The van der Waals surface area contributed by atoms with Crippen molar-refractivity contribution >= 4 is 28.3 Å². The Kier molecular flexibility index (Phi) is 7.40. The summed E-state index contributed by atoms with van der Waals surface area (Å²) < 4.78 is 1.61. The number of pyridine rings is 1. The maximum Gasteiger partial charge on any atom is 0.274 e. The average molecular weight is 468 g/mol. The van der Waals surface area contributed by atoms with E-state index in [-0.39, 0.29) is 17.5 Å². The number of aromatic nitrogens is 3. The van der Waals surface area contributed by atoms with Gasteiger partial charge in [0.1, 0.15) is 0 Å². The largest absolute Gasteiger partial charge is 0.346 e. The molecule has 0 spiro atoms. The van der Waals surface area contributed by atoms with Crippen molar-refractivity contribution < 1.29 is 4.79 Å². The lowest BCUT2D eigenvalue weighted by molar-refractivity contribution is -0.130. The van der Waals surface area contributed by atoms with Gasteiger partial charge in [-0.1, -0.05) is 23.7 Å². The minimum atomic E-state index is -0.0964. The monoisotopic (exact) mass is 467 g/mol. The van der Waals surface area contributed by atoms with Crippen molar-refractivity contribution in [2.24, 2.45) is 0 Å². The van der Waals surface area contributed by atoms with Crippen LogP contribution in [0.3, 0.4) is 0 Å². The van der Waals surface area contributed by atoms with Gasteiger partial charge in [0, 0.05) is 61.8 Å². The quantitative estimate of drug-likeness (QED) is 0.508. The van der Waals surface area contributed by atoms with Crippen molar-refractivity contribution in [3.63, 3.8) is 0 Å². The van der Waals surface area contributed by atoms with Gasteiger partial charge >= 0.3 is 0 Å². The van der Waals surface area contributed by atoms with Crippen molar-refractivity contribution in [1.82, 2.24) is 24.6 Å². The second kappa shape index (κ2) is 10.4. The molecule has 174 valence electrons. The first-order valence-corrected chi connectivity index (χ1v) is 11.9. The molecule has 1 saturated heterocycles. The van der Waals surface area contributed by atoms with Gasteiger partial charge in [0.25, 0.3) is 5.56 Å². The van der Waals surface area contributed by atoms with E-state index in [4.69, 9.17) is 16.7 Å². The lowest BCUT2D eigenvalue weighted by atomic mass is 10.1. The third kappa shape index (κ3) is 5.42. The smallest absolute Gasteiger partial charge is 0.274 e. The number of hydrogen-bond donors (Lipinski definition) is 0. The van der Waals surface area contributed by atoms with Crippen LogP contribution < -0.4 is 5.56 Å². The van der Waals surface area contributed by atoms with Crippen LogP contribution >= 0.6 is 11.6 Å². The van der Waals surface area contributed by atoms with Crippen LogP contribution in [-0.2, 0) is 17.8 Å². The Hall–Kier alpha value is -2.77. The Morgan fingerprint density at radius 3 is 2.76 bits per heavy atom. The fourth-order valence-corrected chi connectivity index (χ4v) is 4.57. The van der Waals surface area contributed by atoms with Crippen molar-refractivity contribution in [2.45, 2.75) is 45.2 Å². The van der Waals surface area contributed by atoms with Crippen molar-refractivity contribution in [1.29, 1.82) is 0 Å². The predicted molar refractivity (Wildman–Crippen MR) is 131 cm³/mol. The van der Waals surface area contributed by atoms with Crippen LogP contribution in [0.2, 0.25) is 5.02 Å². The normalized spacial score (nSPS) is 16.4. The molecule has 0 aliphatic carbocycles. The van der Waals surface area contributed by atoms with Crippen LogP contribution in [0, 0.1) is 0 Å². The molecule has 33 heavy (non-hydrogen) atoms. The lowest BCUT2D eigenvalue weighted by Gasteiger charge is -2.25. The molecule has 2 aromatic heterocycles. The van der Waals surface area contributed by atoms with Gasteiger partial charge in [-0.2, -0.15) is 5.10 Å². The maximum absolute atomic E-state index is 13.2. The molecule has 0 N–H and O–H groups in total. The lowest BCUT2D eigenvalue weighted by Crippen LogP contribution is -2.39. The molecular weight excluding hydrogens is 438 g/mol. The summed E-state index contributed by atoms with van der Waals surface area (Å²) in [6.45, 7) is 4.85. The van der Waals surface area contributed by atoms with Crippen molar-refractivity contribution in [3.8, 4) is 0 Å². The Morgan fingerprint density at radius 2 is 2.00 bits per heavy atom. The molecule has 1 aliphatic rings. The zero-order valence-electron chi connectivity index (χ0n) is 19.2. The number of likely N-dealkylation sites (tertiary alicyclic amines) is 1. The fourth-order valence-electron chi connectivity index (χ4n) is 4.45. The van der Waals surface area contributed by atoms with E-state index in [2.05, 4.69) is 9.88 Å². The van der Waals surface area contributed by atoms with Gasteiger partial charge in [-0.25, -0.2) is 4.68 Å². The summed E-state index contributed by atoms with van der Waals surface area (Å²) >= 11 is 6.04. The number of carbonyl (C=O) groups excluding carboxylic acids is 1. The van der Waals surface area contributed by atoms with Crippen LogP contribution in [0.4, 0.5) is 0 Å². The van der Waals surface area contributed by atoms with E-state index in [9.17, 15) is 9.59 Å². The highest BCUT2D eigenvalue weighted by atomic mass is 35.5. The molecule has 1 aliphatic heterocycles. The molecule has 0 radical (unpaired) electrons. The van der Waals surface area contributed by atoms with Gasteiger partial charge in [0.15, 0.2) is 0 Å². The molecule has 0 bridgehead atoms. The van der Waals surface area contributed by atoms with Crippen molar-refractivity contribution in [2.75, 3.05) is 26.7 Å². The second-order valence-electron chi connectivity index (χ2n) is 8.65. The number of benzene rings is 1. The Bertz CT molecular complexity index is 1180. The van der Waals surface area contributed by atoms with Gasteiger partial charge in [-0.05, 0) is 50.1 Å². The first kappa shape index (κ1) is 23.4. The van der Waals surface area contributed by atoms with Crippen LogP contribution in [0.5, 0.6) is 0 Å². The van der Waals surface area contributed by atoms with E-state index >= 15 is 0 Å². The summed E-state index contributed by atoms with van der Waals surface area (Å²) in [6.07, 6.45) is 6.51. The highest BCUT2D eigenvalue weighted by molar-refractivity contribution is 6.30. The van der Waals surface area contributed by atoms with Crippen LogP contribution in [0.15, 0.2) is 47.5 Å². The summed E-state index contributed by atoms with van der Waals surface area (Å²) in [7, 11) is 1.83. The van der Waals surface area contributed by atoms with E-state index < -0.39 is 0 Å². The first-order chi connectivity index (χ1) is 16.0. The highest BCUT2D eigenvalue weighted by Crippen LogP contribution is 2.21. The second-order valence-corrected chi connectivity index (χ2v) is 9.08. The molecule has 1 atom stereocenters. The number of nitrogens with zero attached hydrogens (tertiary/aromatic N) is 5. The Labute approximate surface area is 199 Å². The summed E-state index contributed by atoms with van der Waals surface area (Å²) in [5.41, 5.74) is 1.80. The maximum atomic E-state index is 13.2. The number of halogens is 1. The summed E-state index contributed by atoms with van der Waals surface area (Å²) in [5.74, 6) is 0.155. The van der Waals surface area contributed by atoms with Crippen molar-refractivity contribution in [3.05, 3.63) is 69.4 Å². The summed E-state index contributed by atoms with van der Waals surface area (Å²) in [4.78, 5) is 33.8. The van der Waals surface area contributed by atoms with Crippen LogP contribution in [-0.4, -0.2) is 63.2 Å². The molecule has 3 aromatic rings. The van der Waals surface area contributed by atoms with Gasteiger partial charge < -0.3 is 4.90 Å². The number of carbonyl (C=O) groups is 1. The van der Waals surface area contributed by atoms with Crippen LogP contribution in [0.25, 0.3) is 10.8 Å². The number of amides is 1. The zero-order valence-corrected chi connectivity index (χ0v) is 20.0. The van der Waals surface area contributed by atoms with Gasteiger partial charge in [0.2, 0.25) is 5.91 Å². The minimum Gasteiger partial charge on any atom is -0.346 e. The Balaban J connectivity index is 1.58. The third-order valence-electron chi connectivity index (χ3n) is 6.52. The van der Waals surface area contributed by atoms with Gasteiger partial charge in [-0.3, -0.25) is 19.5 Å². The fraction of sp³-hybridized carbons (Fsp3) is 0.440. The SMILES string of the molecule is CCN(C)C(=O)CCN1CCCC1Cn1nc(Cc2ccc(Cl)cc2)c2cnccc2c1=O. The molecule has 1 amide bonds.